The number of hydrogen-bond donors (Lipinski definition) is 0. The molecule has 0 atom stereocenters. The second-order valence-corrected chi connectivity index (χ2v) is 7.77. The topological polar surface area (TPSA) is 9.23 Å². The smallest absolute Gasteiger partial charge is 0.0671 e. The molecule has 0 aliphatic carbocycles. The van der Waals surface area contributed by atoms with E-state index in [0.717, 1.165) is 25.2 Å². The monoisotopic (exact) mass is 188 g/mol. The van der Waals surface area contributed by atoms with Crippen LogP contribution in [0.4, 0.5) is 0 Å². The predicted octanol–water partition coefficient (Wildman–Crippen LogP) is 2.07. The molecule has 3 heteroatoms. The Kier molecular flexibility index (Phi) is 3.13. The minimum absolute atomic E-state index is 0.459. The fourth-order valence-electron chi connectivity index (χ4n) is 1.31. The lowest BCUT2D eigenvalue weighted by molar-refractivity contribution is 0.441. The van der Waals surface area contributed by atoms with Gasteiger partial charge in [0, 0.05) is 25.4 Å². The summed E-state index contributed by atoms with van der Waals surface area (Å²) in [5, 5.41) is 0. The summed E-state index contributed by atoms with van der Waals surface area (Å²) in [5.41, 5.74) is 0. The lowest BCUT2D eigenvalue weighted by Gasteiger charge is -2.27. The second kappa shape index (κ2) is 3.72. The van der Waals surface area contributed by atoms with Gasteiger partial charge in [-0.05, 0) is 12.8 Å². The fourth-order valence-corrected chi connectivity index (χ4v) is 3.94. The van der Waals surface area contributed by atoms with Crippen LogP contribution in [0.1, 0.15) is 12.8 Å². The first-order chi connectivity index (χ1) is 5.20. The molecule has 0 N–H and O–H groups in total. The van der Waals surface area contributed by atoms with Gasteiger partial charge in [-0.25, -0.2) is 0 Å². The molecule has 0 radical (unpaired) electrons. The Bertz CT molecular complexity index is 207. The van der Waals surface area contributed by atoms with Crippen molar-refractivity contribution in [2.24, 2.45) is 5.92 Å². The number of terminal acetylenes is 1. The normalized spacial score (nSPS) is 38.0. The van der Waals surface area contributed by atoms with E-state index in [2.05, 4.69) is 5.92 Å². The highest BCUT2D eigenvalue weighted by Crippen LogP contribution is 2.51. The van der Waals surface area contributed by atoms with Gasteiger partial charge in [-0.2, -0.15) is 0 Å². The van der Waals surface area contributed by atoms with E-state index >= 15 is 0 Å². The van der Waals surface area contributed by atoms with Gasteiger partial charge in [0.1, 0.15) is 0 Å². The molecule has 62 valence electrons. The van der Waals surface area contributed by atoms with E-state index < -0.39 is 6.26 Å². The van der Waals surface area contributed by atoms with Crippen molar-refractivity contribution in [1.82, 2.24) is 0 Å². The minimum Gasteiger partial charge on any atom is -0.354 e. The zero-order valence-electron chi connectivity index (χ0n) is 6.75. The molecule has 0 saturated carbocycles. The third-order valence-corrected chi connectivity index (χ3v) is 6.29. The summed E-state index contributed by atoms with van der Waals surface area (Å²) in [4.78, 5) is 0. The Balaban J connectivity index is 2.49. The summed E-state index contributed by atoms with van der Waals surface area (Å²) in [6.45, 7) is 0. The van der Waals surface area contributed by atoms with Crippen LogP contribution in [0.25, 0.3) is 0 Å². The molecule has 1 heterocycles. The Hall–Kier alpha value is 0.170. The van der Waals surface area contributed by atoms with Crippen molar-refractivity contribution in [3.05, 3.63) is 0 Å². The van der Waals surface area contributed by atoms with Crippen LogP contribution in [0.3, 0.4) is 0 Å². The van der Waals surface area contributed by atoms with Crippen molar-refractivity contribution in [3.8, 4) is 12.3 Å². The van der Waals surface area contributed by atoms with Gasteiger partial charge in [-0.1, -0.05) is 11.8 Å². The maximum absolute atomic E-state index is 5.38. The van der Waals surface area contributed by atoms with Crippen LogP contribution in [-0.4, -0.2) is 19.4 Å². The molecule has 1 fully saturated rings. The summed E-state index contributed by atoms with van der Waals surface area (Å²) in [6.07, 6.45) is 8.13. The van der Waals surface area contributed by atoms with Crippen LogP contribution in [0, 0.1) is 18.3 Å². The summed E-state index contributed by atoms with van der Waals surface area (Å²) >= 11 is 5.38. The average molecular weight is 188 g/mol. The first-order valence-electron chi connectivity index (χ1n) is 3.80. The van der Waals surface area contributed by atoms with E-state index in [9.17, 15) is 0 Å². The van der Waals surface area contributed by atoms with Gasteiger partial charge in [0.2, 0.25) is 0 Å². The molecule has 0 aromatic rings. The second-order valence-electron chi connectivity index (χ2n) is 2.89. The molecule has 0 aromatic carbocycles. The lowest BCUT2D eigenvalue weighted by Crippen LogP contribution is -2.12. The molecule has 1 nitrogen and oxygen atoms in total. The Morgan fingerprint density at radius 2 is 2.09 bits per heavy atom. The predicted molar refractivity (Wildman–Crippen MR) is 52.6 cm³/mol. The summed E-state index contributed by atoms with van der Waals surface area (Å²) in [5.74, 6) is 3.24. The molecule has 1 saturated heterocycles. The summed E-state index contributed by atoms with van der Waals surface area (Å²) < 4.78 is 5.33. The van der Waals surface area contributed by atoms with Crippen molar-refractivity contribution in [3.63, 3.8) is 0 Å². The van der Waals surface area contributed by atoms with Gasteiger partial charge < -0.3 is 4.52 Å². The molecule has 11 heavy (non-hydrogen) atoms. The molecule has 0 unspecified atom stereocenters. The van der Waals surface area contributed by atoms with Gasteiger partial charge in [-0.3, -0.25) is 0 Å². The Morgan fingerprint density at radius 1 is 1.55 bits per heavy atom. The molecular formula is C8H13OPS. The fraction of sp³-hybridized carbons (Fsp3) is 0.750. The average Bonchev–Trinajstić information content (AvgIpc) is 2.06. The summed E-state index contributed by atoms with van der Waals surface area (Å²) in [6, 6.07) is 0. The molecule has 1 aliphatic rings. The van der Waals surface area contributed by atoms with Crippen molar-refractivity contribution in [2.45, 2.75) is 12.8 Å². The molecule has 0 spiro atoms. The van der Waals surface area contributed by atoms with Crippen LogP contribution in [0.15, 0.2) is 0 Å². The maximum Gasteiger partial charge on any atom is 0.0671 e. The standard InChI is InChI=1S/C8H13OPS/c1-3-8-4-6-10(11,9-2)7-5-8/h1,8H,4-7H2,2H3. The van der Waals surface area contributed by atoms with Gasteiger partial charge >= 0.3 is 0 Å². The van der Waals surface area contributed by atoms with Crippen molar-refractivity contribution in [1.29, 1.82) is 0 Å². The SMILES string of the molecule is C#CC1CCP(=S)(OC)CC1. The van der Waals surface area contributed by atoms with Crippen molar-refractivity contribution in [2.75, 3.05) is 19.4 Å². The Labute approximate surface area is 73.6 Å². The van der Waals surface area contributed by atoms with Crippen LogP contribution in [-0.2, 0) is 16.3 Å². The molecule has 0 amide bonds. The van der Waals surface area contributed by atoms with Crippen molar-refractivity contribution < 1.29 is 4.52 Å². The van der Waals surface area contributed by atoms with E-state index in [4.69, 9.17) is 22.8 Å². The molecule has 0 bridgehead atoms. The number of rotatable bonds is 1. The van der Waals surface area contributed by atoms with Gasteiger partial charge in [0.15, 0.2) is 0 Å². The van der Waals surface area contributed by atoms with Crippen LogP contribution in [0.5, 0.6) is 0 Å². The van der Waals surface area contributed by atoms with Gasteiger partial charge in [0.05, 0.1) is 6.26 Å². The third kappa shape index (κ3) is 2.30. The van der Waals surface area contributed by atoms with Gasteiger partial charge in [0.25, 0.3) is 0 Å². The van der Waals surface area contributed by atoms with E-state index in [1.165, 1.54) is 0 Å². The van der Waals surface area contributed by atoms with Crippen LogP contribution < -0.4 is 0 Å². The zero-order valence-corrected chi connectivity index (χ0v) is 8.46. The maximum atomic E-state index is 5.38. The van der Waals surface area contributed by atoms with Gasteiger partial charge in [-0.15, -0.1) is 12.3 Å². The first kappa shape index (κ1) is 9.26. The summed E-state index contributed by atoms with van der Waals surface area (Å²) in [7, 11) is 1.73. The van der Waals surface area contributed by atoms with Crippen LogP contribution >= 0.6 is 6.26 Å². The molecule has 0 aromatic heterocycles. The zero-order chi connectivity index (χ0) is 8.32. The first-order valence-corrected chi connectivity index (χ1v) is 6.89. The third-order valence-electron chi connectivity index (χ3n) is 2.20. The van der Waals surface area contributed by atoms with Crippen molar-refractivity contribution >= 4 is 18.1 Å². The lowest BCUT2D eigenvalue weighted by atomic mass is 10.1. The Morgan fingerprint density at radius 3 is 2.45 bits per heavy atom. The number of hydrogen-bond acceptors (Lipinski definition) is 2. The van der Waals surface area contributed by atoms with E-state index in [1.807, 2.05) is 0 Å². The minimum atomic E-state index is -1.41. The van der Waals surface area contributed by atoms with E-state index in [-0.39, 0.29) is 0 Å². The largest absolute Gasteiger partial charge is 0.354 e. The highest BCUT2D eigenvalue weighted by molar-refractivity contribution is 8.12. The highest BCUT2D eigenvalue weighted by atomic mass is 32.4. The quantitative estimate of drug-likeness (QED) is 0.460. The van der Waals surface area contributed by atoms with E-state index in [0.29, 0.717) is 5.92 Å². The highest BCUT2D eigenvalue weighted by Gasteiger charge is 2.24. The molecule has 1 rings (SSSR count). The molecular weight excluding hydrogens is 175 g/mol. The van der Waals surface area contributed by atoms with Crippen LogP contribution in [0.2, 0.25) is 0 Å². The molecule has 1 aliphatic heterocycles. The van der Waals surface area contributed by atoms with E-state index in [1.54, 1.807) is 7.11 Å².